The van der Waals surface area contributed by atoms with Crippen LogP contribution in [0.2, 0.25) is 0 Å². The second kappa shape index (κ2) is 13.3. The quantitative estimate of drug-likeness (QED) is 0.0662. The van der Waals surface area contributed by atoms with Gasteiger partial charge in [-0.15, -0.1) is 0 Å². The van der Waals surface area contributed by atoms with E-state index in [9.17, 15) is 14.4 Å². The molecule has 5 aromatic rings. The van der Waals surface area contributed by atoms with Gasteiger partial charge in [0.25, 0.3) is 0 Å². The number of cyclic esters (lactones) is 1. The molecule has 8 nitrogen and oxygen atoms in total. The lowest BCUT2D eigenvalue weighted by Gasteiger charge is -2.32. The summed E-state index contributed by atoms with van der Waals surface area (Å²) in [5.41, 5.74) is 1.36. The maximum absolute atomic E-state index is 13.5. The molecule has 5 aromatic carbocycles. The van der Waals surface area contributed by atoms with Gasteiger partial charge in [-0.1, -0.05) is 93.4 Å². The maximum Gasteiger partial charge on any atom is 0.513 e. The lowest BCUT2D eigenvalue weighted by molar-refractivity contribution is 0.0259. The number of unbranched alkanes of at least 4 members (excludes halogenated alkanes) is 2. The largest absolute Gasteiger partial charge is 0.513 e. The molecule has 46 heavy (non-hydrogen) atoms. The molecular formula is C38H34O8. The molecule has 234 valence electrons. The standard InChI is InChI=1S/C38H34O8/c1-3-5-21-42-36(40)44-27-17-19-29-25(23-27)11-9-15-32(29)38(34-14-8-7-13-31(34)35(39)46-38)33-16-10-12-26-24-28(18-20-30(26)33)45-37(41)43-22-6-4-2/h7-20,23-24H,3-6,21-22H2,1-2H3. The van der Waals surface area contributed by atoms with Crippen molar-refractivity contribution >= 4 is 39.8 Å². The van der Waals surface area contributed by atoms with Gasteiger partial charge in [0, 0.05) is 16.7 Å². The number of esters is 1. The Kier molecular flexibility index (Phi) is 8.88. The van der Waals surface area contributed by atoms with Crippen molar-refractivity contribution in [3.63, 3.8) is 0 Å². The molecule has 1 aliphatic heterocycles. The highest BCUT2D eigenvalue weighted by Crippen LogP contribution is 2.51. The van der Waals surface area contributed by atoms with Crippen LogP contribution in [-0.4, -0.2) is 31.5 Å². The lowest BCUT2D eigenvalue weighted by Crippen LogP contribution is -2.30. The van der Waals surface area contributed by atoms with Gasteiger partial charge < -0.3 is 23.7 Å². The second-order valence-corrected chi connectivity index (χ2v) is 11.1. The van der Waals surface area contributed by atoms with Crippen molar-refractivity contribution in [2.45, 2.75) is 45.1 Å². The Morgan fingerprint density at radius 3 is 1.65 bits per heavy atom. The van der Waals surface area contributed by atoms with E-state index >= 15 is 0 Å². The van der Waals surface area contributed by atoms with E-state index in [2.05, 4.69) is 0 Å². The van der Waals surface area contributed by atoms with Crippen LogP contribution in [0, 0.1) is 0 Å². The van der Waals surface area contributed by atoms with Gasteiger partial charge in [0.1, 0.15) is 11.5 Å². The van der Waals surface area contributed by atoms with Crippen LogP contribution in [-0.2, 0) is 19.8 Å². The van der Waals surface area contributed by atoms with Gasteiger partial charge in [-0.3, -0.25) is 0 Å². The number of ether oxygens (including phenoxy) is 5. The zero-order chi connectivity index (χ0) is 32.1. The summed E-state index contributed by atoms with van der Waals surface area (Å²) in [7, 11) is 0. The molecule has 0 spiro atoms. The minimum absolute atomic E-state index is 0.294. The number of carbonyl (C=O) groups is 3. The average molecular weight is 619 g/mol. The van der Waals surface area contributed by atoms with Crippen LogP contribution in [0.4, 0.5) is 9.59 Å². The van der Waals surface area contributed by atoms with Crippen LogP contribution in [0.15, 0.2) is 97.1 Å². The van der Waals surface area contributed by atoms with Crippen LogP contribution in [0.25, 0.3) is 21.5 Å². The maximum atomic E-state index is 13.5. The lowest BCUT2D eigenvalue weighted by atomic mass is 9.76. The molecule has 0 aliphatic carbocycles. The van der Waals surface area contributed by atoms with Gasteiger partial charge in [0.05, 0.1) is 18.8 Å². The molecule has 0 unspecified atom stereocenters. The first-order valence-electron chi connectivity index (χ1n) is 15.5. The van der Waals surface area contributed by atoms with E-state index in [0.29, 0.717) is 35.8 Å². The Morgan fingerprint density at radius 1 is 0.630 bits per heavy atom. The predicted octanol–water partition coefficient (Wildman–Crippen LogP) is 9.09. The van der Waals surface area contributed by atoms with E-state index < -0.39 is 23.9 Å². The first kappa shape index (κ1) is 30.6. The fourth-order valence-electron chi connectivity index (χ4n) is 5.88. The summed E-state index contributed by atoms with van der Waals surface area (Å²) < 4.78 is 27.7. The van der Waals surface area contributed by atoms with Gasteiger partial charge in [-0.05, 0) is 64.7 Å². The third kappa shape index (κ3) is 5.86. The molecule has 0 saturated carbocycles. The summed E-state index contributed by atoms with van der Waals surface area (Å²) in [6.45, 7) is 4.62. The van der Waals surface area contributed by atoms with E-state index in [1.54, 1.807) is 30.3 Å². The van der Waals surface area contributed by atoms with Crippen LogP contribution in [0.1, 0.15) is 66.6 Å². The van der Waals surface area contributed by atoms with Gasteiger partial charge >= 0.3 is 18.3 Å². The normalized spacial score (nSPS) is 13.2. The highest BCUT2D eigenvalue weighted by Gasteiger charge is 2.49. The van der Waals surface area contributed by atoms with Gasteiger partial charge in [-0.25, -0.2) is 14.4 Å². The molecule has 0 radical (unpaired) electrons. The smallest absolute Gasteiger partial charge is 0.441 e. The molecule has 1 heterocycles. The third-order valence-corrected chi connectivity index (χ3v) is 8.07. The summed E-state index contributed by atoms with van der Waals surface area (Å²) in [5, 5.41) is 3.19. The molecule has 6 rings (SSSR count). The molecule has 0 N–H and O–H groups in total. The molecule has 0 amide bonds. The second-order valence-electron chi connectivity index (χ2n) is 11.1. The molecule has 0 aromatic heterocycles. The fraction of sp³-hybridized carbons (Fsp3) is 0.237. The highest BCUT2D eigenvalue weighted by molar-refractivity contribution is 6.01. The first-order chi connectivity index (χ1) is 22.4. The first-order valence-corrected chi connectivity index (χ1v) is 15.5. The van der Waals surface area contributed by atoms with Crippen LogP contribution in [0.5, 0.6) is 11.5 Å². The number of benzene rings is 5. The van der Waals surface area contributed by atoms with Crippen molar-refractivity contribution in [2.24, 2.45) is 0 Å². The van der Waals surface area contributed by atoms with Crippen molar-refractivity contribution in [3.8, 4) is 11.5 Å². The summed E-state index contributed by atoms with van der Waals surface area (Å²) in [4.78, 5) is 38.0. The van der Waals surface area contributed by atoms with E-state index in [1.807, 2.05) is 80.6 Å². The zero-order valence-electron chi connectivity index (χ0n) is 25.7. The molecular weight excluding hydrogens is 584 g/mol. The minimum atomic E-state index is -1.31. The predicted molar refractivity (Wildman–Crippen MR) is 173 cm³/mol. The summed E-state index contributed by atoms with van der Waals surface area (Å²) >= 11 is 0. The van der Waals surface area contributed by atoms with E-state index in [4.69, 9.17) is 23.7 Å². The van der Waals surface area contributed by atoms with Crippen molar-refractivity contribution in [2.75, 3.05) is 13.2 Å². The molecule has 0 saturated heterocycles. The fourth-order valence-corrected chi connectivity index (χ4v) is 5.88. The number of hydrogen-bond donors (Lipinski definition) is 0. The van der Waals surface area contributed by atoms with Crippen molar-refractivity contribution in [3.05, 3.63) is 119 Å². The van der Waals surface area contributed by atoms with Gasteiger partial charge in [-0.2, -0.15) is 0 Å². The topological polar surface area (TPSA) is 97.4 Å². The zero-order valence-corrected chi connectivity index (χ0v) is 25.7. The van der Waals surface area contributed by atoms with Crippen molar-refractivity contribution in [1.29, 1.82) is 0 Å². The van der Waals surface area contributed by atoms with Crippen LogP contribution < -0.4 is 9.47 Å². The number of rotatable bonds is 10. The summed E-state index contributed by atoms with van der Waals surface area (Å²) in [5.74, 6) is 0.249. The van der Waals surface area contributed by atoms with Crippen LogP contribution in [0.3, 0.4) is 0 Å². The monoisotopic (exact) mass is 618 g/mol. The molecule has 0 bridgehead atoms. The Bertz CT molecular complexity index is 1820. The number of carbonyl (C=O) groups excluding carboxylic acids is 3. The Hall–Kier alpha value is -5.37. The Balaban J connectivity index is 1.45. The van der Waals surface area contributed by atoms with Crippen molar-refractivity contribution < 1.29 is 38.1 Å². The summed E-state index contributed by atoms with van der Waals surface area (Å²) in [6.07, 6.45) is 1.81. The number of fused-ring (bicyclic) bond motifs is 3. The molecule has 1 aliphatic rings. The van der Waals surface area contributed by atoms with Gasteiger partial charge in [0.15, 0.2) is 5.60 Å². The Morgan fingerprint density at radius 2 is 1.13 bits per heavy atom. The van der Waals surface area contributed by atoms with E-state index in [1.165, 1.54) is 0 Å². The number of hydrogen-bond acceptors (Lipinski definition) is 8. The molecule has 8 heteroatoms. The molecule has 0 fully saturated rings. The minimum Gasteiger partial charge on any atom is -0.441 e. The third-order valence-electron chi connectivity index (χ3n) is 8.07. The van der Waals surface area contributed by atoms with E-state index in [0.717, 1.165) is 58.4 Å². The summed E-state index contributed by atoms with van der Waals surface area (Å²) in [6, 6.07) is 29.5. The average Bonchev–Trinajstić information content (AvgIpc) is 3.37. The van der Waals surface area contributed by atoms with Gasteiger partial charge in [0.2, 0.25) is 0 Å². The van der Waals surface area contributed by atoms with Crippen LogP contribution >= 0.6 is 0 Å². The Labute approximate surface area is 266 Å². The SMILES string of the molecule is CCCCOC(=O)Oc1ccc2c(C3(c4cccc5cc(OC(=O)OCCCC)ccc45)OC(=O)c4ccccc43)cccc2c1. The van der Waals surface area contributed by atoms with Crippen molar-refractivity contribution in [1.82, 2.24) is 0 Å². The molecule has 0 atom stereocenters. The van der Waals surface area contributed by atoms with E-state index in [-0.39, 0.29) is 0 Å². The highest BCUT2D eigenvalue weighted by atomic mass is 16.7.